The predicted octanol–water partition coefficient (Wildman–Crippen LogP) is 3.50. The Balaban J connectivity index is 2.14. The average Bonchev–Trinajstić information content (AvgIpc) is 2.54. The number of nitriles is 1. The molecule has 0 saturated heterocycles. The van der Waals surface area contributed by atoms with Crippen molar-refractivity contribution in [1.29, 1.82) is 5.26 Å². The third-order valence-electron chi connectivity index (χ3n) is 2.98. The highest BCUT2D eigenvalue weighted by Gasteiger charge is 2.46. The van der Waals surface area contributed by atoms with Crippen LogP contribution in [0.5, 0.6) is 0 Å². The molecule has 0 bridgehead atoms. The number of hydrogen-bond acceptors (Lipinski definition) is 4. The first-order valence-corrected chi connectivity index (χ1v) is 8.11. The van der Waals surface area contributed by atoms with Crippen LogP contribution in [-0.2, 0) is 9.84 Å². The van der Waals surface area contributed by atoms with Crippen LogP contribution in [0.2, 0.25) is 0 Å². The maximum atomic E-state index is 12.6. The topological polar surface area (TPSA) is 99.1 Å². The van der Waals surface area contributed by atoms with Gasteiger partial charge in [0.2, 0.25) is 0 Å². The molecule has 0 aromatic heterocycles. The van der Waals surface area contributed by atoms with E-state index in [0.717, 1.165) is 12.1 Å². The molecule has 0 spiro atoms. The molecule has 2 rings (SSSR count). The second-order valence-corrected chi connectivity index (χ2v) is 6.69. The van der Waals surface area contributed by atoms with Gasteiger partial charge in [-0.25, -0.2) is 13.2 Å². The highest BCUT2D eigenvalue weighted by Crippen LogP contribution is 2.31. The van der Waals surface area contributed by atoms with Gasteiger partial charge in [0.15, 0.2) is 0 Å². The lowest BCUT2D eigenvalue weighted by Gasteiger charge is -2.11. The van der Waals surface area contributed by atoms with E-state index in [1.54, 1.807) is 0 Å². The van der Waals surface area contributed by atoms with E-state index in [4.69, 9.17) is 5.26 Å². The van der Waals surface area contributed by atoms with Crippen molar-refractivity contribution < 1.29 is 26.4 Å². The van der Waals surface area contributed by atoms with Crippen molar-refractivity contribution >= 4 is 27.2 Å². The molecular formula is C15H10F3N3O3S. The second kappa shape index (κ2) is 6.82. The Bertz CT molecular complexity index is 933. The molecule has 0 heterocycles. The van der Waals surface area contributed by atoms with Gasteiger partial charge in [0, 0.05) is 11.4 Å². The standard InChI is InChI=1S/C15H10F3N3O3S/c16-15(17,18)25(23,24)13-3-1-2-12(8-13)21-14(22)20-11-6-4-10(9-19)5-7-11/h1-8H,(H2,20,21,22). The summed E-state index contributed by atoms with van der Waals surface area (Å²) < 4.78 is 60.4. The van der Waals surface area contributed by atoms with Crippen LogP contribution in [0.4, 0.5) is 29.3 Å². The van der Waals surface area contributed by atoms with E-state index in [-0.39, 0.29) is 5.69 Å². The van der Waals surface area contributed by atoms with Crippen molar-refractivity contribution in [3.63, 3.8) is 0 Å². The summed E-state index contributed by atoms with van der Waals surface area (Å²) in [5.41, 5.74) is -4.83. The fraction of sp³-hybridized carbons (Fsp3) is 0.0667. The molecule has 0 aliphatic carbocycles. The predicted molar refractivity (Wildman–Crippen MR) is 83.5 cm³/mol. The van der Waals surface area contributed by atoms with Gasteiger partial charge in [0.25, 0.3) is 9.84 Å². The molecule has 0 saturated carbocycles. The molecule has 2 aromatic carbocycles. The molecule has 25 heavy (non-hydrogen) atoms. The largest absolute Gasteiger partial charge is 0.501 e. The van der Waals surface area contributed by atoms with Crippen molar-refractivity contribution in [2.75, 3.05) is 10.6 Å². The molecule has 2 N–H and O–H groups in total. The summed E-state index contributed by atoms with van der Waals surface area (Å²) in [7, 11) is -5.50. The summed E-state index contributed by atoms with van der Waals surface area (Å²) in [6.45, 7) is 0. The van der Waals surface area contributed by atoms with E-state index >= 15 is 0 Å². The lowest BCUT2D eigenvalue weighted by Crippen LogP contribution is -2.24. The van der Waals surface area contributed by atoms with Crippen LogP contribution >= 0.6 is 0 Å². The van der Waals surface area contributed by atoms with Gasteiger partial charge in [-0.3, -0.25) is 0 Å². The van der Waals surface area contributed by atoms with E-state index in [1.165, 1.54) is 30.3 Å². The highest BCUT2D eigenvalue weighted by atomic mass is 32.2. The Morgan fingerprint density at radius 3 is 2.16 bits per heavy atom. The van der Waals surface area contributed by atoms with Crippen molar-refractivity contribution in [3.05, 3.63) is 54.1 Å². The zero-order chi connectivity index (χ0) is 18.7. The number of rotatable bonds is 3. The lowest BCUT2D eigenvalue weighted by atomic mass is 10.2. The normalized spacial score (nSPS) is 11.4. The molecule has 0 aliphatic heterocycles. The van der Waals surface area contributed by atoms with E-state index in [0.29, 0.717) is 17.3 Å². The van der Waals surface area contributed by atoms with Gasteiger partial charge in [-0.2, -0.15) is 18.4 Å². The molecule has 0 radical (unpaired) electrons. The second-order valence-electron chi connectivity index (χ2n) is 4.75. The smallest absolute Gasteiger partial charge is 0.308 e. The Morgan fingerprint density at radius 2 is 1.60 bits per heavy atom. The number of carbonyl (C=O) groups is 1. The van der Waals surface area contributed by atoms with Gasteiger partial charge < -0.3 is 10.6 Å². The quantitative estimate of drug-likeness (QED) is 0.865. The zero-order valence-electron chi connectivity index (χ0n) is 12.3. The number of nitrogens with one attached hydrogen (secondary N) is 2. The van der Waals surface area contributed by atoms with Gasteiger partial charge >= 0.3 is 11.5 Å². The molecule has 10 heteroatoms. The molecule has 6 nitrogen and oxygen atoms in total. The Labute approximate surface area is 140 Å². The number of nitrogens with zero attached hydrogens (tertiary/aromatic N) is 1. The number of amides is 2. The van der Waals surface area contributed by atoms with Gasteiger partial charge in [0.1, 0.15) is 0 Å². The van der Waals surface area contributed by atoms with Crippen LogP contribution in [0.15, 0.2) is 53.4 Å². The summed E-state index contributed by atoms with van der Waals surface area (Å²) in [5.74, 6) is 0. The molecule has 0 fully saturated rings. The van der Waals surface area contributed by atoms with Crippen LogP contribution in [0.1, 0.15) is 5.56 Å². The fourth-order valence-corrected chi connectivity index (χ4v) is 2.60. The zero-order valence-corrected chi connectivity index (χ0v) is 13.1. The number of sulfone groups is 1. The molecule has 130 valence electrons. The van der Waals surface area contributed by atoms with E-state index in [1.807, 2.05) is 6.07 Å². The van der Waals surface area contributed by atoms with Gasteiger partial charge in [-0.1, -0.05) is 6.07 Å². The number of halogens is 3. The summed E-state index contributed by atoms with van der Waals surface area (Å²) >= 11 is 0. The first kappa shape index (κ1) is 18.3. The van der Waals surface area contributed by atoms with Crippen LogP contribution < -0.4 is 10.6 Å². The van der Waals surface area contributed by atoms with Crippen molar-refractivity contribution in [1.82, 2.24) is 0 Å². The number of urea groups is 1. The van der Waals surface area contributed by atoms with Gasteiger partial charge in [-0.15, -0.1) is 0 Å². The summed E-state index contributed by atoms with van der Waals surface area (Å²) in [6, 6.07) is 10.8. The molecule has 2 amide bonds. The van der Waals surface area contributed by atoms with Crippen LogP contribution in [0, 0.1) is 11.3 Å². The maximum absolute atomic E-state index is 12.6. The minimum absolute atomic E-state index is 0.128. The van der Waals surface area contributed by atoms with Gasteiger partial charge in [-0.05, 0) is 42.5 Å². The fourth-order valence-electron chi connectivity index (χ4n) is 1.80. The van der Waals surface area contributed by atoms with Crippen molar-refractivity contribution in [2.45, 2.75) is 10.4 Å². The molecule has 2 aromatic rings. The number of hydrogen-bond donors (Lipinski definition) is 2. The Morgan fingerprint density at radius 1 is 1.00 bits per heavy atom. The number of carbonyl (C=O) groups excluding carboxylic acids is 1. The van der Waals surface area contributed by atoms with E-state index in [9.17, 15) is 26.4 Å². The third kappa shape index (κ3) is 4.27. The van der Waals surface area contributed by atoms with Crippen LogP contribution in [-0.4, -0.2) is 20.0 Å². The first-order chi connectivity index (χ1) is 11.6. The first-order valence-electron chi connectivity index (χ1n) is 6.63. The monoisotopic (exact) mass is 369 g/mol. The highest BCUT2D eigenvalue weighted by molar-refractivity contribution is 7.92. The Kier molecular flexibility index (Phi) is 4.99. The van der Waals surface area contributed by atoms with Gasteiger partial charge in [0.05, 0.1) is 16.5 Å². The van der Waals surface area contributed by atoms with Crippen molar-refractivity contribution in [3.8, 4) is 6.07 Å². The molecule has 0 aliphatic rings. The van der Waals surface area contributed by atoms with E-state index < -0.39 is 26.3 Å². The summed E-state index contributed by atoms with van der Waals surface area (Å²) in [6.07, 6.45) is 0. The molecular weight excluding hydrogens is 359 g/mol. The minimum atomic E-state index is -5.50. The third-order valence-corrected chi connectivity index (χ3v) is 4.46. The molecule has 0 atom stereocenters. The number of alkyl halides is 3. The minimum Gasteiger partial charge on any atom is -0.308 e. The van der Waals surface area contributed by atoms with Crippen LogP contribution in [0.25, 0.3) is 0 Å². The summed E-state index contributed by atoms with van der Waals surface area (Å²) in [5, 5.41) is 13.3. The lowest BCUT2D eigenvalue weighted by molar-refractivity contribution is -0.0435. The number of benzene rings is 2. The average molecular weight is 369 g/mol. The maximum Gasteiger partial charge on any atom is 0.501 e. The van der Waals surface area contributed by atoms with E-state index in [2.05, 4.69) is 10.6 Å². The van der Waals surface area contributed by atoms with Crippen LogP contribution in [0.3, 0.4) is 0 Å². The Hall–Kier alpha value is -3.06. The summed E-state index contributed by atoms with van der Waals surface area (Å²) in [4.78, 5) is 10.9. The SMILES string of the molecule is N#Cc1ccc(NC(=O)Nc2cccc(S(=O)(=O)C(F)(F)F)c2)cc1. The van der Waals surface area contributed by atoms with Crippen molar-refractivity contribution in [2.24, 2.45) is 0 Å². The number of anilines is 2. The molecule has 0 unspecified atom stereocenters.